The van der Waals surface area contributed by atoms with Crippen molar-refractivity contribution in [2.24, 2.45) is 5.41 Å². The highest BCUT2D eigenvalue weighted by molar-refractivity contribution is 6.62. The molecule has 96 valence electrons. The van der Waals surface area contributed by atoms with Crippen LogP contribution in [0, 0.1) is 19.3 Å². The monoisotopic (exact) mass is 256 g/mol. The topological polar surface area (TPSA) is 0 Å². The van der Waals surface area contributed by atoms with Crippen LogP contribution in [-0.4, -0.2) is 9.52 Å². The molecule has 0 spiro atoms. The lowest BCUT2D eigenvalue weighted by Crippen LogP contribution is -2.22. The highest BCUT2D eigenvalue weighted by atomic mass is 28.2. The van der Waals surface area contributed by atoms with Crippen molar-refractivity contribution in [3.8, 4) is 0 Å². The number of hydrogen-bond donors (Lipinski definition) is 0. The van der Waals surface area contributed by atoms with Crippen LogP contribution in [0.4, 0.5) is 0 Å². The minimum Gasteiger partial charge on any atom is -0.0806 e. The molecular formula is C17H24Si. The molecule has 0 amide bonds. The maximum absolute atomic E-state index is 2.35. The molecule has 0 unspecified atom stereocenters. The maximum atomic E-state index is 2.35. The molecule has 18 heavy (non-hydrogen) atoms. The lowest BCUT2D eigenvalue weighted by molar-refractivity contribution is 0.516. The highest BCUT2D eigenvalue weighted by Gasteiger charge is 2.22. The largest absolute Gasteiger partial charge is 0.0835 e. The van der Waals surface area contributed by atoms with E-state index in [4.69, 9.17) is 0 Å². The molecule has 0 aliphatic heterocycles. The molecule has 0 N–H and O–H groups in total. The molecule has 0 atom stereocenters. The van der Waals surface area contributed by atoms with Gasteiger partial charge in [-0.3, -0.25) is 0 Å². The van der Waals surface area contributed by atoms with Gasteiger partial charge < -0.3 is 0 Å². The van der Waals surface area contributed by atoms with Crippen LogP contribution in [-0.2, 0) is 0 Å². The van der Waals surface area contributed by atoms with Crippen LogP contribution < -0.4 is 5.19 Å². The van der Waals surface area contributed by atoms with E-state index in [2.05, 4.69) is 65.0 Å². The quantitative estimate of drug-likeness (QED) is 0.712. The van der Waals surface area contributed by atoms with E-state index in [9.17, 15) is 0 Å². The van der Waals surface area contributed by atoms with Crippen molar-refractivity contribution in [3.63, 3.8) is 0 Å². The molecule has 0 aromatic heterocycles. The Morgan fingerprint density at radius 3 is 2.50 bits per heavy atom. The van der Waals surface area contributed by atoms with E-state index in [0.29, 0.717) is 5.41 Å². The number of benzene rings is 1. The highest BCUT2D eigenvalue weighted by Crippen LogP contribution is 2.33. The fraction of sp³-hybridized carbons (Fsp3) is 0.412. The number of aryl methyl sites for hydroxylation is 1. The summed E-state index contributed by atoms with van der Waals surface area (Å²) in [5, 5.41) is 3.35. The zero-order valence-electron chi connectivity index (χ0n) is 12.3. The molecule has 0 nitrogen and oxygen atoms in total. The van der Waals surface area contributed by atoms with E-state index in [-0.39, 0.29) is 9.52 Å². The molecule has 0 heterocycles. The fourth-order valence-electron chi connectivity index (χ4n) is 2.73. The molecule has 1 aliphatic rings. The molecule has 0 saturated carbocycles. The first-order valence-corrected chi connectivity index (χ1v) is 8.25. The molecule has 1 heteroatoms. The number of rotatable bonds is 2. The second-order valence-corrected chi connectivity index (χ2v) is 8.38. The zero-order valence-corrected chi connectivity index (χ0v) is 13.7. The van der Waals surface area contributed by atoms with Crippen LogP contribution in [0.2, 0.25) is 0 Å². The van der Waals surface area contributed by atoms with Gasteiger partial charge in [0.05, 0.1) is 9.52 Å². The summed E-state index contributed by atoms with van der Waals surface area (Å²) in [6.07, 6.45) is 5.88. The summed E-state index contributed by atoms with van der Waals surface area (Å²) in [7, 11) is -0.295. The summed E-state index contributed by atoms with van der Waals surface area (Å²) in [5.74, 6) is 0. The van der Waals surface area contributed by atoms with Gasteiger partial charge in [-0.25, -0.2) is 0 Å². The first kappa shape index (κ1) is 13.4. The Bertz CT molecular complexity index is 513. The Labute approximate surface area is 114 Å². The first-order chi connectivity index (χ1) is 8.39. The second kappa shape index (κ2) is 4.89. The zero-order chi connectivity index (χ0) is 13.3. The molecule has 1 aromatic rings. The summed E-state index contributed by atoms with van der Waals surface area (Å²) >= 11 is 0. The van der Waals surface area contributed by atoms with Gasteiger partial charge in [0.2, 0.25) is 0 Å². The Kier molecular flexibility index (Phi) is 3.63. The Hall–Kier alpha value is -1.08. The van der Waals surface area contributed by atoms with Gasteiger partial charge in [0.25, 0.3) is 0 Å². The SMILES string of the molecule is Cc1cccc([SiH2]C2=C(C(C)(C)C)C=CC2)c1C. The van der Waals surface area contributed by atoms with Gasteiger partial charge in [-0.15, -0.1) is 0 Å². The summed E-state index contributed by atoms with van der Waals surface area (Å²) in [4.78, 5) is 0. The molecule has 0 fully saturated rings. The van der Waals surface area contributed by atoms with Crippen molar-refractivity contribution < 1.29 is 0 Å². The van der Waals surface area contributed by atoms with Crippen molar-refractivity contribution in [1.82, 2.24) is 0 Å². The number of hydrogen-bond acceptors (Lipinski definition) is 0. The molecule has 0 bridgehead atoms. The van der Waals surface area contributed by atoms with Crippen molar-refractivity contribution in [3.05, 3.63) is 52.2 Å². The third-order valence-electron chi connectivity index (χ3n) is 3.96. The van der Waals surface area contributed by atoms with Crippen LogP contribution in [0.5, 0.6) is 0 Å². The van der Waals surface area contributed by atoms with Gasteiger partial charge >= 0.3 is 0 Å². The summed E-state index contributed by atoms with van der Waals surface area (Å²) in [5.41, 5.74) is 4.84. The van der Waals surface area contributed by atoms with Gasteiger partial charge in [0.15, 0.2) is 0 Å². The van der Waals surface area contributed by atoms with Crippen LogP contribution in [0.25, 0.3) is 0 Å². The molecule has 2 rings (SSSR count). The Balaban J connectivity index is 2.32. The predicted molar refractivity (Wildman–Crippen MR) is 84.3 cm³/mol. The van der Waals surface area contributed by atoms with Gasteiger partial charge in [0.1, 0.15) is 0 Å². The molecular weight excluding hydrogens is 232 g/mol. The average molecular weight is 256 g/mol. The van der Waals surface area contributed by atoms with Gasteiger partial charge in [-0.1, -0.05) is 61.5 Å². The van der Waals surface area contributed by atoms with Gasteiger partial charge in [-0.2, -0.15) is 0 Å². The minimum atomic E-state index is -0.295. The fourth-order valence-corrected chi connectivity index (χ4v) is 5.14. The molecule has 0 saturated heterocycles. The Morgan fingerprint density at radius 2 is 1.83 bits per heavy atom. The summed E-state index contributed by atoms with van der Waals surface area (Å²) in [6, 6.07) is 6.77. The third-order valence-corrected chi connectivity index (χ3v) is 6.20. The first-order valence-electron chi connectivity index (χ1n) is 6.83. The van der Waals surface area contributed by atoms with Crippen LogP contribution in [0.15, 0.2) is 41.1 Å². The van der Waals surface area contributed by atoms with Gasteiger partial charge in [0, 0.05) is 0 Å². The van der Waals surface area contributed by atoms with Crippen LogP contribution >= 0.6 is 0 Å². The van der Waals surface area contributed by atoms with E-state index in [1.807, 2.05) is 0 Å². The van der Waals surface area contributed by atoms with E-state index in [1.165, 1.54) is 17.5 Å². The van der Waals surface area contributed by atoms with Crippen LogP contribution in [0.3, 0.4) is 0 Å². The Morgan fingerprint density at radius 1 is 1.11 bits per heavy atom. The normalized spacial score (nSPS) is 16.3. The van der Waals surface area contributed by atoms with Gasteiger partial charge in [-0.05, 0) is 42.4 Å². The van der Waals surface area contributed by atoms with E-state index < -0.39 is 0 Å². The van der Waals surface area contributed by atoms with Crippen molar-refractivity contribution in [2.75, 3.05) is 0 Å². The van der Waals surface area contributed by atoms with E-state index in [0.717, 1.165) is 0 Å². The minimum absolute atomic E-state index is 0.295. The van der Waals surface area contributed by atoms with Crippen molar-refractivity contribution in [1.29, 1.82) is 0 Å². The maximum Gasteiger partial charge on any atom is 0.0835 e. The lowest BCUT2D eigenvalue weighted by Gasteiger charge is -2.22. The van der Waals surface area contributed by atoms with E-state index >= 15 is 0 Å². The summed E-state index contributed by atoms with van der Waals surface area (Å²) < 4.78 is 0. The average Bonchev–Trinajstić information content (AvgIpc) is 2.72. The summed E-state index contributed by atoms with van der Waals surface area (Å²) in [6.45, 7) is 11.5. The van der Waals surface area contributed by atoms with E-state index in [1.54, 1.807) is 16.0 Å². The van der Waals surface area contributed by atoms with Crippen molar-refractivity contribution in [2.45, 2.75) is 41.0 Å². The smallest absolute Gasteiger partial charge is 0.0806 e. The second-order valence-electron chi connectivity index (χ2n) is 6.41. The molecule has 0 radical (unpaired) electrons. The third kappa shape index (κ3) is 2.67. The standard InChI is InChI=1S/C17H24Si/c1-12-8-6-10-15(13(12)2)18-16-11-7-9-14(16)17(3,4)5/h6-10H,11,18H2,1-5H3. The van der Waals surface area contributed by atoms with Crippen molar-refractivity contribution >= 4 is 14.7 Å². The number of allylic oxidation sites excluding steroid dienone is 4. The molecule has 1 aliphatic carbocycles. The predicted octanol–water partition coefficient (Wildman–Crippen LogP) is 3.36. The van der Waals surface area contributed by atoms with Crippen LogP contribution in [0.1, 0.15) is 38.3 Å². The molecule has 1 aromatic carbocycles. The lowest BCUT2D eigenvalue weighted by atomic mass is 9.87.